The Kier molecular flexibility index (Phi) is 4.22. The van der Waals surface area contributed by atoms with Gasteiger partial charge in [0.2, 0.25) is 0 Å². The summed E-state index contributed by atoms with van der Waals surface area (Å²) >= 11 is 0. The highest BCUT2D eigenvalue weighted by Gasteiger charge is 2.43. The van der Waals surface area contributed by atoms with Crippen molar-refractivity contribution in [2.75, 3.05) is 18.0 Å². The Morgan fingerprint density at radius 1 is 1.00 bits per heavy atom. The number of non-ortho nitro benzene ring substituents is 1. The zero-order valence-corrected chi connectivity index (χ0v) is 15.6. The first kappa shape index (κ1) is 17.1. The van der Waals surface area contributed by atoms with Gasteiger partial charge < -0.3 is 4.90 Å². The molecule has 0 amide bonds. The predicted molar refractivity (Wildman–Crippen MR) is 106 cm³/mol. The minimum Gasteiger partial charge on any atom is -0.371 e. The van der Waals surface area contributed by atoms with E-state index < -0.39 is 0 Å². The van der Waals surface area contributed by atoms with Crippen LogP contribution >= 0.6 is 0 Å². The fourth-order valence-corrected chi connectivity index (χ4v) is 4.87. The molecule has 136 valence electrons. The number of hydrogen-bond acceptors (Lipinski definition) is 3. The number of benzene rings is 2. The van der Waals surface area contributed by atoms with Crippen molar-refractivity contribution in [1.29, 1.82) is 0 Å². The fourth-order valence-electron chi connectivity index (χ4n) is 4.87. The van der Waals surface area contributed by atoms with Gasteiger partial charge in [0, 0.05) is 36.3 Å². The van der Waals surface area contributed by atoms with Gasteiger partial charge in [-0.2, -0.15) is 0 Å². The van der Waals surface area contributed by atoms with E-state index in [0.717, 1.165) is 44.3 Å². The largest absolute Gasteiger partial charge is 0.371 e. The minimum atomic E-state index is -0.266. The summed E-state index contributed by atoms with van der Waals surface area (Å²) in [4.78, 5) is 13.5. The molecule has 0 unspecified atom stereocenters. The molecule has 0 atom stereocenters. The summed E-state index contributed by atoms with van der Waals surface area (Å²) in [5.41, 5.74) is 6.39. The molecular weight excluding hydrogens is 324 g/mol. The molecule has 0 radical (unpaired) electrons. The Morgan fingerprint density at radius 3 is 2.15 bits per heavy atom. The van der Waals surface area contributed by atoms with E-state index >= 15 is 0 Å². The molecule has 1 aliphatic carbocycles. The number of nitro benzene ring substituents is 1. The van der Waals surface area contributed by atoms with Crippen LogP contribution in [0, 0.1) is 10.1 Å². The van der Waals surface area contributed by atoms with Crippen LogP contribution in [0.5, 0.6) is 0 Å². The van der Waals surface area contributed by atoms with Gasteiger partial charge in [-0.15, -0.1) is 0 Å². The van der Waals surface area contributed by atoms with Crippen LogP contribution in [-0.4, -0.2) is 18.0 Å². The average Bonchev–Trinajstić information content (AvgIpc) is 2.84. The monoisotopic (exact) mass is 350 g/mol. The van der Waals surface area contributed by atoms with Gasteiger partial charge in [-0.3, -0.25) is 10.1 Å². The predicted octanol–water partition coefficient (Wildman–Crippen LogP) is 5.67. The Morgan fingerprint density at radius 2 is 1.62 bits per heavy atom. The molecule has 4 nitrogen and oxygen atoms in total. The Labute approximate surface area is 155 Å². The van der Waals surface area contributed by atoms with Crippen molar-refractivity contribution in [3.05, 3.63) is 57.6 Å². The third-order valence-corrected chi connectivity index (χ3v) is 6.11. The lowest BCUT2D eigenvalue weighted by Gasteiger charge is -2.36. The van der Waals surface area contributed by atoms with E-state index in [4.69, 9.17) is 0 Å². The second kappa shape index (κ2) is 6.42. The number of rotatable bonds is 6. The lowest BCUT2D eigenvalue weighted by Crippen LogP contribution is -2.37. The van der Waals surface area contributed by atoms with Crippen molar-refractivity contribution >= 4 is 11.4 Å². The highest BCUT2D eigenvalue weighted by atomic mass is 16.6. The summed E-state index contributed by atoms with van der Waals surface area (Å²) in [6.45, 7) is 6.69. The highest BCUT2D eigenvalue weighted by molar-refractivity contribution is 5.84. The highest BCUT2D eigenvalue weighted by Crippen LogP contribution is 2.55. The number of nitrogens with zero attached hydrogens (tertiary/aromatic N) is 2. The van der Waals surface area contributed by atoms with Crippen LogP contribution in [0.3, 0.4) is 0 Å². The van der Waals surface area contributed by atoms with Crippen molar-refractivity contribution in [1.82, 2.24) is 0 Å². The van der Waals surface area contributed by atoms with Gasteiger partial charge in [0.25, 0.3) is 5.69 Å². The summed E-state index contributed by atoms with van der Waals surface area (Å²) in [7, 11) is 0. The molecule has 1 saturated heterocycles. The fraction of sp³-hybridized carbons (Fsp3) is 0.455. The quantitative estimate of drug-likeness (QED) is 0.498. The van der Waals surface area contributed by atoms with Crippen LogP contribution in [0.1, 0.15) is 57.1 Å². The van der Waals surface area contributed by atoms with Crippen LogP contribution in [0.25, 0.3) is 11.1 Å². The van der Waals surface area contributed by atoms with Crippen LogP contribution in [-0.2, 0) is 5.41 Å². The molecule has 4 rings (SSSR count). The summed E-state index contributed by atoms with van der Waals surface area (Å²) in [6, 6.07) is 12.3. The third kappa shape index (κ3) is 2.43. The lowest BCUT2D eigenvalue weighted by atomic mass is 9.71. The summed E-state index contributed by atoms with van der Waals surface area (Å²) in [5.74, 6) is 0. The van der Waals surface area contributed by atoms with E-state index in [9.17, 15) is 10.1 Å². The molecular formula is C22H26N2O2. The zero-order chi connectivity index (χ0) is 18.3. The molecule has 0 saturated carbocycles. The van der Waals surface area contributed by atoms with Crippen LogP contribution in [0.15, 0.2) is 36.4 Å². The van der Waals surface area contributed by atoms with Crippen molar-refractivity contribution in [3.63, 3.8) is 0 Å². The summed E-state index contributed by atoms with van der Waals surface area (Å²) in [6.07, 6.45) is 5.46. The standard InChI is InChI=1S/C22H26N2O2/c1-3-10-22(11-4-2)20-14-16(23-12-5-13-23)6-8-18(20)19-9-7-17(24(25)26)15-21(19)22/h6-9,14-15H,3-5,10-13H2,1-2H3. The van der Waals surface area contributed by atoms with E-state index in [1.54, 1.807) is 6.07 Å². The second-order valence-corrected chi connectivity index (χ2v) is 7.64. The third-order valence-electron chi connectivity index (χ3n) is 6.11. The van der Waals surface area contributed by atoms with E-state index in [-0.39, 0.29) is 16.0 Å². The zero-order valence-electron chi connectivity index (χ0n) is 15.6. The Balaban J connectivity index is 1.93. The maximum atomic E-state index is 11.4. The Bertz CT molecular complexity index is 849. The molecule has 2 aromatic rings. The normalized spacial score (nSPS) is 16.8. The molecule has 26 heavy (non-hydrogen) atoms. The van der Waals surface area contributed by atoms with Crippen molar-refractivity contribution in [2.24, 2.45) is 0 Å². The van der Waals surface area contributed by atoms with E-state index in [0.29, 0.717) is 0 Å². The molecule has 2 aliphatic rings. The van der Waals surface area contributed by atoms with Crippen LogP contribution < -0.4 is 4.90 Å². The van der Waals surface area contributed by atoms with Gasteiger partial charge in [-0.1, -0.05) is 32.8 Å². The topological polar surface area (TPSA) is 46.4 Å². The molecule has 0 spiro atoms. The lowest BCUT2D eigenvalue weighted by molar-refractivity contribution is -0.384. The van der Waals surface area contributed by atoms with Crippen molar-refractivity contribution < 1.29 is 4.92 Å². The van der Waals surface area contributed by atoms with Gasteiger partial charge in [-0.25, -0.2) is 0 Å². The van der Waals surface area contributed by atoms with E-state index in [1.807, 2.05) is 12.1 Å². The first-order chi connectivity index (χ1) is 12.6. The molecule has 1 aliphatic heterocycles. The average molecular weight is 350 g/mol. The maximum Gasteiger partial charge on any atom is 0.269 e. The van der Waals surface area contributed by atoms with Gasteiger partial charge in [0.15, 0.2) is 0 Å². The first-order valence-corrected chi connectivity index (χ1v) is 9.79. The number of hydrogen-bond donors (Lipinski definition) is 0. The van der Waals surface area contributed by atoms with Crippen LogP contribution in [0.2, 0.25) is 0 Å². The molecule has 1 fully saturated rings. The molecule has 0 aromatic heterocycles. The number of nitro groups is 1. The molecule has 4 heteroatoms. The molecule has 2 aromatic carbocycles. The maximum absolute atomic E-state index is 11.4. The van der Waals surface area contributed by atoms with Gasteiger partial charge in [0.05, 0.1) is 4.92 Å². The van der Waals surface area contributed by atoms with Crippen molar-refractivity contribution in [3.8, 4) is 11.1 Å². The number of anilines is 1. The minimum absolute atomic E-state index is 0.0962. The van der Waals surface area contributed by atoms with Gasteiger partial charge >= 0.3 is 0 Å². The molecule has 1 heterocycles. The molecule has 0 N–H and O–H groups in total. The smallest absolute Gasteiger partial charge is 0.269 e. The van der Waals surface area contributed by atoms with E-state index in [2.05, 4.69) is 36.9 Å². The van der Waals surface area contributed by atoms with Gasteiger partial charge in [-0.05, 0) is 59.7 Å². The van der Waals surface area contributed by atoms with E-state index in [1.165, 1.54) is 28.8 Å². The number of fused-ring (bicyclic) bond motifs is 3. The van der Waals surface area contributed by atoms with Crippen LogP contribution in [0.4, 0.5) is 11.4 Å². The SMILES string of the molecule is CCCC1(CCC)c2cc(N3CCC3)ccc2-c2ccc([N+](=O)[O-])cc21. The second-order valence-electron chi connectivity index (χ2n) is 7.64. The van der Waals surface area contributed by atoms with Gasteiger partial charge in [0.1, 0.15) is 0 Å². The Hall–Kier alpha value is -2.36. The summed E-state index contributed by atoms with van der Waals surface area (Å²) < 4.78 is 0. The first-order valence-electron chi connectivity index (χ1n) is 9.79. The van der Waals surface area contributed by atoms with Crippen molar-refractivity contribution in [2.45, 2.75) is 51.4 Å². The summed E-state index contributed by atoms with van der Waals surface area (Å²) in [5, 5.41) is 11.4. The molecule has 0 bridgehead atoms.